The Morgan fingerprint density at radius 3 is 2.57 bits per heavy atom. The van der Waals surface area contributed by atoms with Crippen LogP contribution >= 0.6 is 0 Å². The van der Waals surface area contributed by atoms with E-state index in [1.807, 2.05) is 0 Å². The Bertz CT molecular complexity index is 413. The first kappa shape index (κ1) is 16.3. The molecule has 3 heteroatoms. The van der Waals surface area contributed by atoms with Crippen LogP contribution in [-0.4, -0.2) is 44.7 Å². The molecule has 21 heavy (non-hydrogen) atoms. The van der Waals surface area contributed by atoms with E-state index in [1.165, 1.54) is 30.6 Å². The van der Waals surface area contributed by atoms with Crippen LogP contribution in [0.4, 0.5) is 5.69 Å². The monoisotopic (exact) mass is 289 g/mol. The van der Waals surface area contributed by atoms with Crippen LogP contribution in [0.5, 0.6) is 0 Å². The van der Waals surface area contributed by atoms with Gasteiger partial charge in [-0.15, -0.1) is 0 Å². The molecule has 1 aromatic carbocycles. The van der Waals surface area contributed by atoms with Crippen molar-refractivity contribution in [2.45, 2.75) is 39.3 Å². The Kier molecular flexibility index (Phi) is 6.07. The van der Waals surface area contributed by atoms with Gasteiger partial charge >= 0.3 is 0 Å². The number of likely N-dealkylation sites (tertiary alicyclic amines) is 1. The largest absolute Gasteiger partial charge is 0.373 e. The summed E-state index contributed by atoms with van der Waals surface area (Å²) in [4.78, 5) is 4.87. The zero-order valence-corrected chi connectivity index (χ0v) is 14.1. The van der Waals surface area contributed by atoms with E-state index in [0.29, 0.717) is 12.0 Å². The van der Waals surface area contributed by atoms with Gasteiger partial charge in [-0.1, -0.05) is 26.0 Å². The topological polar surface area (TPSA) is 18.5 Å². The van der Waals surface area contributed by atoms with Gasteiger partial charge in [-0.3, -0.25) is 0 Å². The number of hydrogen-bond donors (Lipinski definition) is 1. The van der Waals surface area contributed by atoms with Gasteiger partial charge in [0.1, 0.15) is 0 Å². The second-order valence-corrected chi connectivity index (χ2v) is 6.85. The van der Waals surface area contributed by atoms with E-state index < -0.39 is 0 Å². The molecule has 1 aliphatic rings. The van der Waals surface area contributed by atoms with Crippen LogP contribution in [0, 0.1) is 5.92 Å². The van der Waals surface area contributed by atoms with Crippen molar-refractivity contribution < 1.29 is 0 Å². The van der Waals surface area contributed by atoms with Crippen LogP contribution in [0.3, 0.4) is 0 Å². The Balaban J connectivity index is 1.83. The highest BCUT2D eigenvalue weighted by Gasteiger charge is 2.22. The molecule has 0 aromatic heterocycles. The fourth-order valence-corrected chi connectivity index (χ4v) is 3.00. The summed E-state index contributed by atoms with van der Waals surface area (Å²) in [6.45, 7) is 8.90. The van der Waals surface area contributed by atoms with Gasteiger partial charge in [-0.2, -0.15) is 0 Å². The van der Waals surface area contributed by atoms with E-state index in [9.17, 15) is 0 Å². The Morgan fingerprint density at radius 1 is 1.29 bits per heavy atom. The molecule has 0 aliphatic carbocycles. The van der Waals surface area contributed by atoms with Crippen molar-refractivity contribution in [3.05, 3.63) is 29.8 Å². The minimum atomic E-state index is 0.707. The summed E-state index contributed by atoms with van der Waals surface area (Å²) in [5, 5.41) is 3.49. The van der Waals surface area contributed by atoms with Gasteiger partial charge in [0.25, 0.3) is 0 Å². The number of benzene rings is 1. The lowest BCUT2D eigenvalue weighted by atomic mass is 10.1. The van der Waals surface area contributed by atoms with E-state index in [4.69, 9.17) is 0 Å². The fraction of sp³-hybridized carbons (Fsp3) is 0.667. The van der Waals surface area contributed by atoms with Gasteiger partial charge in [0.05, 0.1) is 0 Å². The molecule has 1 atom stereocenters. The second-order valence-electron chi connectivity index (χ2n) is 6.85. The lowest BCUT2D eigenvalue weighted by Crippen LogP contribution is -2.36. The molecule has 1 heterocycles. The molecule has 0 saturated carbocycles. The van der Waals surface area contributed by atoms with E-state index >= 15 is 0 Å². The third-order valence-corrected chi connectivity index (χ3v) is 4.41. The van der Waals surface area contributed by atoms with E-state index in [0.717, 1.165) is 19.6 Å². The highest BCUT2D eigenvalue weighted by Crippen LogP contribution is 2.19. The minimum absolute atomic E-state index is 0.707. The van der Waals surface area contributed by atoms with Gasteiger partial charge in [-0.05, 0) is 56.6 Å². The predicted octanol–water partition coefficient (Wildman–Crippen LogP) is 2.96. The van der Waals surface area contributed by atoms with Gasteiger partial charge in [-0.25, -0.2) is 0 Å². The molecule has 118 valence electrons. The summed E-state index contributed by atoms with van der Waals surface area (Å²) >= 11 is 0. The van der Waals surface area contributed by atoms with Crippen LogP contribution in [0.15, 0.2) is 24.3 Å². The molecule has 0 radical (unpaired) electrons. The number of hydrogen-bond acceptors (Lipinski definition) is 3. The number of anilines is 1. The molecular formula is C18H31N3. The first-order valence-corrected chi connectivity index (χ1v) is 8.27. The predicted molar refractivity (Wildman–Crippen MR) is 91.9 cm³/mol. The molecule has 0 amide bonds. The van der Waals surface area contributed by atoms with Crippen LogP contribution in [0.2, 0.25) is 0 Å². The Labute approximate surface area is 130 Å². The van der Waals surface area contributed by atoms with Crippen molar-refractivity contribution in [1.29, 1.82) is 0 Å². The normalized spacial score (nSPS) is 19.4. The molecule has 1 N–H and O–H groups in total. The van der Waals surface area contributed by atoms with Crippen molar-refractivity contribution in [2.24, 2.45) is 5.92 Å². The third kappa shape index (κ3) is 5.01. The van der Waals surface area contributed by atoms with E-state index in [1.54, 1.807) is 0 Å². The summed E-state index contributed by atoms with van der Waals surface area (Å²) < 4.78 is 0. The summed E-state index contributed by atoms with van der Waals surface area (Å²) in [5.74, 6) is 0.707. The van der Waals surface area contributed by atoms with E-state index in [2.05, 4.69) is 67.3 Å². The van der Waals surface area contributed by atoms with Crippen molar-refractivity contribution in [2.75, 3.05) is 38.6 Å². The van der Waals surface area contributed by atoms with E-state index in [-0.39, 0.29) is 0 Å². The van der Waals surface area contributed by atoms with Crippen molar-refractivity contribution in [1.82, 2.24) is 10.2 Å². The molecule has 3 nitrogen and oxygen atoms in total. The molecule has 1 saturated heterocycles. The van der Waals surface area contributed by atoms with Gasteiger partial charge < -0.3 is 15.1 Å². The zero-order chi connectivity index (χ0) is 15.2. The highest BCUT2D eigenvalue weighted by molar-refractivity contribution is 5.47. The maximum absolute atomic E-state index is 3.49. The first-order valence-electron chi connectivity index (χ1n) is 8.27. The average Bonchev–Trinajstić information content (AvgIpc) is 2.84. The summed E-state index contributed by atoms with van der Waals surface area (Å²) in [6.07, 6.45) is 2.67. The lowest BCUT2D eigenvalue weighted by Gasteiger charge is -2.27. The third-order valence-electron chi connectivity index (χ3n) is 4.41. The second kappa shape index (κ2) is 7.81. The smallest absolute Gasteiger partial charge is 0.0364 e. The molecule has 1 unspecified atom stereocenters. The zero-order valence-electron chi connectivity index (χ0n) is 14.1. The van der Waals surface area contributed by atoms with Crippen molar-refractivity contribution >= 4 is 5.69 Å². The van der Waals surface area contributed by atoms with Gasteiger partial charge in [0.2, 0.25) is 0 Å². The molecule has 2 rings (SSSR count). The van der Waals surface area contributed by atoms with Crippen LogP contribution in [0.1, 0.15) is 32.3 Å². The Hall–Kier alpha value is -1.06. The maximum atomic E-state index is 3.49. The van der Waals surface area contributed by atoms with Crippen LogP contribution < -0.4 is 10.2 Å². The minimum Gasteiger partial charge on any atom is -0.373 e. The maximum Gasteiger partial charge on any atom is 0.0364 e. The average molecular weight is 289 g/mol. The molecule has 1 aromatic rings. The molecule has 1 fully saturated rings. The first-order chi connectivity index (χ1) is 10.1. The number of rotatable bonds is 7. The fourth-order valence-electron chi connectivity index (χ4n) is 3.00. The van der Waals surface area contributed by atoms with Crippen LogP contribution in [-0.2, 0) is 6.54 Å². The molecule has 0 spiro atoms. The quantitative estimate of drug-likeness (QED) is 0.832. The highest BCUT2D eigenvalue weighted by atomic mass is 15.2. The molecule has 1 aliphatic heterocycles. The number of likely N-dealkylation sites (N-methyl/N-ethyl adjacent to an activating group) is 2. The SMILES string of the molecule is CC(C)CNCc1ccc(N(C)CC2CCCN2C)cc1. The molecule has 0 bridgehead atoms. The lowest BCUT2D eigenvalue weighted by molar-refractivity contribution is 0.314. The Morgan fingerprint density at radius 2 is 2.00 bits per heavy atom. The van der Waals surface area contributed by atoms with Crippen molar-refractivity contribution in [3.8, 4) is 0 Å². The molecular weight excluding hydrogens is 258 g/mol. The summed E-state index contributed by atoms with van der Waals surface area (Å²) in [6, 6.07) is 9.71. The number of nitrogens with zero attached hydrogens (tertiary/aromatic N) is 2. The van der Waals surface area contributed by atoms with Gasteiger partial charge in [0, 0.05) is 31.9 Å². The van der Waals surface area contributed by atoms with Crippen LogP contribution in [0.25, 0.3) is 0 Å². The summed E-state index contributed by atoms with van der Waals surface area (Å²) in [7, 11) is 4.45. The van der Waals surface area contributed by atoms with Crippen molar-refractivity contribution in [3.63, 3.8) is 0 Å². The standard InChI is InChI=1S/C18H31N3/c1-15(2)12-19-13-16-7-9-17(10-8-16)21(4)14-18-6-5-11-20(18)3/h7-10,15,18-19H,5-6,11-14H2,1-4H3. The summed E-state index contributed by atoms with van der Waals surface area (Å²) in [5.41, 5.74) is 2.69. The van der Waals surface area contributed by atoms with Gasteiger partial charge in [0.15, 0.2) is 0 Å². The number of nitrogens with one attached hydrogen (secondary N) is 1.